The summed E-state index contributed by atoms with van der Waals surface area (Å²) in [6, 6.07) is 5.30. The number of ether oxygens (including phenoxy) is 2. The van der Waals surface area contributed by atoms with E-state index < -0.39 is 5.97 Å². The Labute approximate surface area is 127 Å². The van der Waals surface area contributed by atoms with Gasteiger partial charge in [-0.15, -0.1) is 0 Å². The molecule has 1 aromatic heterocycles. The molecule has 112 valence electrons. The number of aromatic nitrogens is 2. The van der Waals surface area contributed by atoms with Crippen LogP contribution >= 0.6 is 11.6 Å². The van der Waals surface area contributed by atoms with Gasteiger partial charge in [0, 0.05) is 16.8 Å². The highest BCUT2D eigenvalue weighted by atomic mass is 35.5. The minimum atomic E-state index is -0.535. The van der Waals surface area contributed by atoms with Crippen molar-refractivity contribution < 1.29 is 14.3 Å². The number of halogens is 1. The highest BCUT2D eigenvalue weighted by Gasteiger charge is 2.16. The molecule has 2 N–H and O–H groups in total. The van der Waals surface area contributed by atoms with Gasteiger partial charge in [0.05, 0.1) is 25.9 Å². The summed E-state index contributed by atoms with van der Waals surface area (Å²) in [6.45, 7) is 2.38. The lowest BCUT2D eigenvalue weighted by atomic mass is 10.2. The van der Waals surface area contributed by atoms with Crippen molar-refractivity contribution in [3.8, 4) is 5.75 Å². The summed E-state index contributed by atoms with van der Waals surface area (Å²) >= 11 is 5.98. The van der Waals surface area contributed by atoms with Crippen LogP contribution in [0.3, 0.4) is 0 Å². The van der Waals surface area contributed by atoms with E-state index >= 15 is 0 Å². The van der Waals surface area contributed by atoms with E-state index in [-0.39, 0.29) is 18.0 Å². The predicted octanol–water partition coefficient (Wildman–Crippen LogP) is 2.35. The molecular formula is C14H16ClN3O3. The van der Waals surface area contributed by atoms with Gasteiger partial charge in [0.15, 0.2) is 5.69 Å². The van der Waals surface area contributed by atoms with Crippen LogP contribution in [0.15, 0.2) is 24.4 Å². The first-order chi connectivity index (χ1) is 10.0. The summed E-state index contributed by atoms with van der Waals surface area (Å²) in [5.74, 6) is 0.151. The molecule has 0 amide bonds. The van der Waals surface area contributed by atoms with Crippen LogP contribution in [0, 0.1) is 0 Å². The largest absolute Gasteiger partial charge is 0.496 e. The lowest BCUT2D eigenvalue weighted by Crippen LogP contribution is -2.09. The second kappa shape index (κ2) is 6.49. The van der Waals surface area contributed by atoms with Crippen molar-refractivity contribution in [2.75, 3.05) is 19.5 Å². The summed E-state index contributed by atoms with van der Waals surface area (Å²) in [5.41, 5.74) is 7.00. The summed E-state index contributed by atoms with van der Waals surface area (Å²) in [7, 11) is 1.58. The number of nitrogen functional groups attached to an aromatic ring is 1. The maximum atomic E-state index is 11.7. The fourth-order valence-electron chi connectivity index (χ4n) is 1.92. The molecule has 0 saturated carbocycles. The molecule has 0 aliphatic carbocycles. The first-order valence-electron chi connectivity index (χ1n) is 6.37. The molecule has 1 aromatic carbocycles. The van der Waals surface area contributed by atoms with Gasteiger partial charge in [0.2, 0.25) is 0 Å². The van der Waals surface area contributed by atoms with Crippen molar-refractivity contribution >= 4 is 23.3 Å². The summed E-state index contributed by atoms with van der Waals surface area (Å²) < 4.78 is 11.7. The highest BCUT2D eigenvalue weighted by molar-refractivity contribution is 6.30. The van der Waals surface area contributed by atoms with Crippen LogP contribution in [0.5, 0.6) is 5.75 Å². The van der Waals surface area contributed by atoms with Crippen molar-refractivity contribution in [3.05, 3.63) is 40.7 Å². The monoisotopic (exact) mass is 309 g/mol. The molecule has 7 heteroatoms. The van der Waals surface area contributed by atoms with Crippen LogP contribution in [0.25, 0.3) is 0 Å². The van der Waals surface area contributed by atoms with Crippen LogP contribution in [0.4, 0.5) is 5.69 Å². The van der Waals surface area contributed by atoms with Crippen LogP contribution in [-0.4, -0.2) is 29.5 Å². The standard InChI is InChI=1S/C14H16ClN3O3/c1-3-21-14(19)13-11(16)8-18(17-13)7-9-6-10(15)4-5-12(9)20-2/h4-6,8H,3,7,16H2,1-2H3. The van der Waals surface area contributed by atoms with Crippen LogP contribution in [0.2, 0.25) is 5.02 Å². The Hall–Kier alpha value is -2.21. The number of methoxy groups -OCH3 is 1. The molecule has 2 rings (SSSR count). The van der Waals surface area contributed by atoms with E-state index in [9.17, 15) is 4.79 Å². The number of hydrogen-bond donors (Lipinski definition) is 1. The van der Waals surface area contributed by atoms with Crippen molar-refractivity contribution in [1.82, 2.24) is 9.78 Å². The van der Waals surface area contributed by atoms with Crippen molar-refractivity contribution in [2.45, 2.75) is 13.5 Å². The Bertz CT molecular complexity index is 655. The number of nitrogens with zero attached hydrogens (tertiary/aromatic N) is 2. The molecule has 0 unspecified atom stereocenters. The third-order valence-electron chi connectivity index (χ3n) is 2.83. The van der Waals surface area contributed by atoms with Crippen LogP contribution < -0.4 is 10.5 Å². The van der Waals surface area contributed by atoms with E-state index in [4.69, 9.17) is 26.8 Å². The molecule has 0 aliphatic heterocycles. The minimum absolute atomic E-state index is 0.109. The molecule has 6 nitrogen and oxygen atoms in total. The first kappa shape index (κ1) is 15.2. The number of carbonyl (C=O) groups excluding carboxylic acids is 1. The Balaban J connectivity index is 2.26. The Morgan fingerprint density at radius 2 is 2.24 bits per heavy atom. The van der Waals surface area contributed by atoms with Crippen LogP contribution in [0.1, 0.15) is 23.0 Å². The summed E-state index contributed by atoms with van der Waals surface area (Å²) in [6.07, 6.45) is 1.58. The zero-order valence-electron chi connectivity index (χ0n) is 11.8. The number of benzene rings is 1. The maximum absolute atomic E-state index is 11.7. The van der Waals surface area contributed by atoms with Gasteiger partial charge in [-0.05, 0) is 25.1 Å². The average molecular weight is 310 g/mol. The van der Waals surface area contributed by atoms with Crippen molar-refractivity contribution in [1.29, 1.82) is 0 Å². The molecule has 0 bridgehead atoms. The zero-order chi connectivity index (χ0) is 15.4. The van der Waals surface area contributed by atoms with Gasteiger partial charge in [-0.25, -0.2) is 4.79 Å². The Morgan fingerprint density at radius 1 is 1.48 bits per heavy atom. The molecule has 0 radical (unpaired) electrons. The van der Waals surface area contributed by atoms with E-state index in [1.807, 2.05) is 0 Å². The van der Waals surface area contributed by atoms with Gasteiger partial charge in [0.1, 0.15) is 5.75 Å². The third kappa shape index (κ3) is 3.46. The van der Waals surface area contributed by atoms with Gasteiger partial charge in [-0.1, -0.05) is 11.6 Å². The highest BCUT2D eigenvalue weighted by Crippen LogP contribution is 2.24. The topological polar surface area (TPSA) is 79.4 Å². The minimum Gasteiger partial charge on any atom is -0.496 e. The van der Waals surface area contributed by atoms with Gasteiger partial charge in [-0.2, -0.15) is 5.10 Å². The fraction of sp³-hybridized carbons (Fsp3) is 0.286. The quantitative estimate of drug-likeness (QED) is 0.858. The van der Waals surface area contributed by atoms with E-state index in [0.29, 0.717) is 17.3 Å². The smallest absolute Gasteiger partial charge is 0.361 e. The molecule has 21 heavy (non-hydrogen) atoms. The number of nitrogens with two attached hydrogens (primary N) is 1. The molecule has 2 aromatic rings. The van der Waals surface area contributed by atoms with Gasteiger partial charge >= 0.3 is 5.97 Å². The van der Waals surface area contributed by atoms with E-state index in [1.165, 1.54) is 0 Å². The molecule has 0 aliphatic rings. The second-order valence-electron chi connectivity index (χ2n) is 4.31. The number of hydrogen-bond acceptors (Lipinski definition) is 5. The zero-order valence-corrected chi connectivity index (χ0v) is 12.6. The normalized spacial score (nSPS) is 10.4. The summed E-state index contributed by atoms with van der Waals surface area (Å²) in [4.78, 5) is 11.7. The third-order valence-corrected chi connectivity index (χ3v) is 3.07. The van der Waals surface area contributed by atoms with Crippen molar-refractivity contribution in [2.24, 2.45) is 0 Å². The van der Waals surface area contributed by atoms with Crippen molar-refractivity contribution in [3.63, 3.8) is 0 Å². The second-order valence-corrected chi connectivity index (χ2v) is 4.74. The molecule has 0 spiro atoms. The fourth-order valence-corrected chi connectivity index (χ4v) is 2.12. The number of esters is 1. The van der Waals surface area contributed by atoms with E-state index in [0.717, 1.165) is 5.56 Å². The lowest BCUT2D eigenvalue weighted by Gasteiger charge is -2.08. The molecule has 0 fully saturated rings. The van der Waals surface area contributed by atoms with E-state index in [2.05, 4.69) is 5.10 Å². The molecule has 0 saturated heterocycles. The molecule has 1 heterocycles. The van der Waals surface area contributed by atoms with Crippen LogP contribution in [-0.2, 0) is 11.3 Å². The number of rotatable bonds is 5. The lowest BCUT2D eigenvalue weighted by molar-refractivity contribution is 0.0519. The molecular weight excluding hydrogens is 294 g/mol. The summed E-state index contributed by atoms with van der Waals surface area (Å²) in [5, 5.41) is 4.74. The molecule has 0 atom stereocenters. The van der Waals surface area contributed by atoms with Gasteiger partial charge in [0.25, 0.3) is 0 Å². The number of anilines is 1. The van der Waals surface area contributed by atoms with Gasteiger partial charge in [-0.3, -0.25) is 4.68 Å². The maximum Gasteiger partial charge on any atom is 0.361 e. The first-order valence-corrected chi connectivity index (χ1v) is 6.75. The Kier molecular flexibility index (Phi) is 4.70. The Morgan fingerprint density at radius 3 is 2.90 bits per heavy atom. The van der Waals surface area contributed by atoms with Gasteiger partial charge < -0.3 is 15.2 Å². The SMILES string of the molecule is CCOC(=O)c1nn(Cc2cc(Cl)ccc2OC)cc1N. The predicted molar refractivity (Wildman–Crippen MR) is 79.7 cm³/mol. The average Bonchev–Trinajstić information content (AvgIpc) is 2.80. The van der Waals surface area contributed by atoms with E-state index in [1.54, 1.807) is 43.1 Å². The number of carbonyl (C=O) groups is 1.